The van der Waals surface area contributed by atoms with Gasteiger partial charge in [0.15, 0.2) is 5.13 Å². The minimum atomic E-state index is 0.829. The first-order valence-electron chi connectivity index (χ1n) is 10.2. The number of aromatic nitrogens is 4. The zero-order valence-electron chi connectivity index (χ0n) is 17.2. The molecule has 0 saturated carbocycles. The van der Waals surface area contributed by atoms with Gasteiger partial charge in [0, 0.05) is 48.8 Å². The molecule has 1 aliphatic rings. The minimum absolute atomic E-state index is 0.829. The quantitative estimate of drug-likeness (QED) is 0.515. The molecule has 5 rings (SSSR count). The zero-order chi connectivity index (χ0) is 20.5. The van der Waals surface area contributed by atoms with Crippen LogP contribution in [0.3, 0.4) is 0 Å². The number of nitrogens with zero attached hydrogens (tertiary/aromatic N) is 5. The van der Waals surface area contributed by atoms with Gasteiger partial charge in [-0.3, -0.25) is 5.10 Å². The third kappa shape index (κ3) is 3.88. The maximum Gasteiger partial charge on any atom is 0.189 e. The molecule has 154 valence electrons. The molecule has 1 aliphatic heterocycles. The topological polar surface area (TPSA) is 73.0 Å². The number of H-pyrrole nitrogens is 1. The Bertz CT molecular complexity index is 1170. The maximum absolute atomic E-state index is 4.74. The molecule has 0 atom stereocenters. The number of hydrogen-bond donors (Lipinski definition) is 2. The summed E-state index contributed by atoms with van der Waals surface area (Å²) in [6, 6.07) is 10.6. The van der Waals surface area contributed by atoms with Gasteiger partial charge in [-0.25, -0.2) is 9.97 Å². The predicted molar refractivity (Wildman–Crippen MR) is 124 cm³/mol. The molecule has 0 amide bonds. The van der Waals surface area contributed by atoms with E-state index in [9.17, 15) is 0 Å². The van der Waals surface area contributed by atoms with E-state index in [1.54, 1.807) is 11.3 Å². The van der Waals surface area contributed by atoms with Crippen molar-refractivity contribution in [3.05, 3.63) is 48.4 Å². The van der Waals surface area contributed by atoms with E-state index < -0.39 is 0 Å². The summed E-state index contributed by atoms with van der Waals surface area (Å²) in [5, 5.41) is 11.4. The standard InChI is InChI=1S/C22H25N7S/c1-15-18(14-24-27-15)16-4-5-19-20(12-16)30-22(25-19)26-21-13-17(6-7-23-21)29-9-3-8-28(2)10-11-29/h4-7,12-14H,3,8-11H2,1-2H3,(H,24,27)(H,23,25,26). The lowest BCUT2D eigenvalue weighted by Crippen LogP contribution is -2.28. The summed E-state index contributed by atoms with van der Waals surface area (Å²) >= 11 is 1.64. The Morgan fingerprint density at radius 2 is 2.03 bits per heavy atom. The Morgan fingerprint density at radius 1 is 1.10 bits per heavy atom. The number of thiazole rings is 1. The first kappa shape index (κ1) is 19.0. The molecule has 2 N–H and O–H groups in total. The molecule has 1 saturated heterocycles. The van der Waals surface area contributed by atoms with Gasteiger partial charge in [0.1, 0.15) is 5.82 Å². The number of rotatable bonds is 4. The summed E-state index contributed by atoms with van der Waals surface area (Å²) in [5.41, 5.74) is 5.53. The second-order valence-electron chi connectivity index (χ2n) is 7.78. The number of aryl methyl sites for hydroxylation is 1. The highest BCUT2D eigenvalue weighted by Crippen LogP contribution is 2.32. The van der Waals surface area contributed by atoms with Crippen molar-refractivity contribution in [3.63, 3.8) is 0 Å². The average molecular weight is 420 g/mol. The Balaban J connectivity index is 1.37. The van der Waals surface area contributed by atoms with Crippen molar-refractivity contribution in [3.8, 4) is 11.1 Å². The number of likely N-dealkylation sites (N-methyl/N-ethyl adjacent to an activating group) is 1. The molecule has 0 radical (unpaired) electrons. The lowest BCUT2D eigenvalue weighted by molar-refractivity contribution is 0.360. The van der Waals surface area contributed by atoms with Crippen LogP contribution in [0, 0.1) is 6.92 Å². The van der Waals surface area contributed by atoms with Crippen molar-refractivity contribution in [1.29, 1.82) is 0 Å². The average Bonchev–Trinajstić information content (AvgIpc) is 3.28. The molecular formula is C22H25N7S. The number of pyridine rings is 1. The largest absolute Gasteiger partial charge is 0.370 e. The smallest absolute Gasteiger partial charge is 0.189 e. The maximum atomic E-state index is 4.74. The molecule has 0 unspecified atom stereocenters. The van der Waals surface area contributed by atoms with Crippen molar-refractivity contribution < 1.29 is 0 Å². The number of benzene rings is 1. The van der Waals surface area contributed by atoms with Gasteiger partial charge in [0.05, 0.1) is 16.4 Å². The Hall–Kier alpha value is -2.97. The summed E-state index contributed by atoms with van der Waals surface area (Å²) in [4.78, 5) is 14.1. The second-order valence-corrected chi connectivity index (χ2v) is 8.81. The number of nitrogens with one attached hydrogen (secondary N) is 2. The molecule has 0 aliphatic carbocycles. The SMILES string of the molecule is Cc1[nH]ncc1-c1ccc2nc(Nc3cc(N4CCCN(C)CC4)ccn3)sc2c1. The van der Waals surface area contributed by atoms with Crippen LogP contribution >= 0.6 is 11.3 Å². The van der Waals surface area contributed by atoms with Gasteiger partial charge in [-0.1, -0.05) is 17.4 Å². The van der Waals surface area contributed by atoms with Crippen LogP contribution in [0.5, 0.6) is 0 Å². The van der Waals surface area contributed by atoms with Gasteiger partial charge in [-0.2, -0.15) is 5.10 Å². The van der Waals surface area contributed by atoms with Crippen LogP contribution in [0.4, 0.5) is 16.6 Å². The first-order valence-corrected chi connectivity index (χ1v) is 11.0. The third-order valence-corrected chi connectivity index (χ3v) is 6.53. The van der Waals surface area contributed by atoms with Crippen LogP contribution in [0.2, 0.25) is 0 Å². The van der Waals surface area contributed by atoms with Crippen LogP contribution in [0.25, 0.3) is 21.3 Å². The minimum Gasteiger partial charge on any atom is -0.370 e. The van der Waals surface area contributed by atoms with Gasteiger partial charge in [0.2, 0.25) is 0 Å². The van der Waals surface area contributed by atoms with E-state index in [0.29, 0.717) is 0 Å². The van der Waals surface area contributed by atoms with Crippen molar-refractivity contribution in [2.45, 2.75) is 13.3 Å². The van der Waals surface area contributed by atoms with Crippen LogP contribution < -0.4 is 10.2 Å². The highest BCUT2D eigenvalue weighted by Gasteiger charge is 2.14. The fourth-order valence-corrected chi connectivity index (χ4v) is 4.80. The molecule has 8 heteroatoms. The normalized spacial score (nSPS) is 15.5. The van der Waals surface area contributed by atoms with E-state index in [0.717, 1.165) is 64.2 Å². The fraction of sp³-hybridized carbons (Fsp3) is 0.318. The van der Waals surface area contributed by atoms with Crippen molar-refractivity contribution >= 4 is 38.2 Å². The highest BCUT2D eigenvalue weighted by atomic mass is 32.1. The monoisotopic (exact) mass is 419 g/mol. The molecule has 1 aromatic carbocycles. The second kappa shape index (κ2) is 8.04. The summed E-state index contributed by atoms with van der Waals surface area (Å²) in [7, 11) is 2.19. The van der Waals surface area contributed by atoms with E-state index in [1.165, 1.54) is 12.1 Å². The van der Waals surface area contributed by atoms with Crippen molar-refractivity contribution in [2.24, 2.45) is 0 Å². The number of hydrogen-bond acceptors (Lipinski definition) is 7. The molecule has 0 spiro atoms. The van der Waals surface area contributed by atoms with E-state index in [-0.39, 0.29) is 0 Å². The fourth-order valence-electron chi connectivity index (χ4n) is 3.89. The molecule has 1 fully saturated rings. The third-order valence-electron chi connectivity index (χ3n) is 5.59. The Labute approximate surface area is 179 Å². The summed E-state index contributed by atoms with van der Waals surface area (Å²) in [5.74, 6) is 0.829. The van der Waals surface area contributed by atoms with E-state index in [1.807, 2.05) is 19.3 Å². The molecule has 3 aromatic heterocycles. The van der Waals surface area contributed by atoms with Gasteiger partial charge in [0.25, 0.3) is 0 Å². The molecule has 30 heavy (non-hydrogen) atoms. The molecule has 0 bridgehead atoms. The highest BCUT2D eigenvalue weighted by molar-refractivity contribution is 7.22. The summed E-state index contributed by atoms with van der Waals surface area (Å²) in [6.45, 7) is 6.38. The van der Waals surface area contributed by atoms with Crippen LogP contribution in [0.15, 0.2) is 42.7 Å². The predicted octanol–water partition coefficient (Wildman–Crippen LogP) is 4.28. The number of anilines is 3. The Kier molecular flexibility index (Phi) is 5.10. The molecule has 4 heterocycles. The van der Waals surface area contributed by atoms with E-state index >= 15 is 0 Å². The van der Waals surface area contributed by atoms with Gasteiger partial charge < -0.3 is 15.1 Å². The number of aromatic amines is 1. The number of fused-ring (bicyclic) bond motifs is 1. The molecular weight excluding hydrogens is 394 g/mol. The first-order chi connectivity index (χ1) is 14.7. The van der Waals surface area contributed by atoms with E-state index in [2.05, 4.69) is 67.7 Å². The summed E-state index contributed by atoms with van der Waals surface area (Å²) < 4.78 is 1.14. The van der Waals surface area contributed by atoms with Gasteiger partial charge in [-0.05, 0) is 50.7 Å². The molecule has 4 aromatic rings. The van der Waals surface area contributed by atoms with E-state index in [4.69, 9.17) is 4.98 Å². The van der Waals surface area contributed by atoms with Crippen LogP contribution in [-0.4, -0.2) is 58.3 Å². The Morgan fingerprint density at radius 3 is 2.90 bits per heavy atom. The van der Waals surface area contributed by atoms with Crippen molar-refractivity contribution in [2.75, 3.05) is 43.4 Å². The lowest BCUT2D eigenvalue weighted by Gasteiger charge is -2.23. The van der Waals surface area contributed by atoms with Gasteiger partial charge >= 0.3 is 0 Å². The van der Waals surface area contributed by atoms with Crippen molar-refractivity contribution in [1.82, 2.24) is 25.1 Å². The summed E-state index contributed by atoms with van der Waals surface area (Å²) in [6.07, 6.45) is 4.92. The lowest BCUT2D eigenvalue weighted by atomic mass is 10.1. The van der Waals surface area contributed by atoms with Gasteiger partial charge in [-0.15, -0.1) is 0 Å². The molecule has 7 nitrogen and oxygen atoms in total. The van der Waals surface area contributed by atoms with Crippen LogP contribution in [0.1, 0.15) is 12.1 Å². The zero-order valence-corrected chi connectivity index (χ0v) is 18.0. The van der Waals surface area contributed by atoms with Crippen LogP contribution in [-0.2, 0) is 0 Å².